The lowest BCUT2D eigenvalue weighted by atomic mass is 10.1. The number of nitrogens with zero attached hydrogens (tertiary/aromatic N) is 4. The van der Waals surface area contributed by atoms with E-state index < -0.39 is 0 Å². The standard InChI is InChI=1S/C16H20N4O2/c21-15(11-12-5-4-10-22-12)19-9-3-6-13(19)16-18-17-14-7-1-2-8-20(14)16/h1-2,7-8,12-13H,3-6,9-11H2. The molecule has 116 valence electrons. The highest BCUT2D eigenvalue weighted by atomic mass is 16.5. The molecule has 0 saturated carbocycles. The zero-order valence-electron chi connectivity index (χ0n) is 12.5. The molecule has 2 saturated heterocycles. The predicted molar refractivity (Wildman–Crippen MR) is 80.3 cm³/mol. The normalized spacial score (nSPS) is 25.2. The molecule has 0 N–H and O–H groups in total. The minimum absolute atomic E-state index is 0.0336. The highest BCUT2D eigenvalue weighted by Gasteiger charge is 2.34. The number of rotatable bonds is 3. The van der Waals surface area contributed by atoms with E-state index in [1.54, 1.807) is 0 Å². The van der Waals surface area contributed by atoms with Crippen LogP contribution < -0.4 is 0 Å². The third kappa shape index (κ3) is 2.37. The molecule has 2 fully saturated rings. The van der Waals surface area contributed by atoms with Crippen molar-refractivity contribution in [2.75, 3.05) is 13.2 Å². The Hall–Kier alpha value is -1.95. The Morgan fingerprint density at radius 1 is 1.27 bits per heavy atom. The summed E-state index contributed by atoms with van der Waals surface area (Å²) in [6.07, 6.45) is 6.59. The molecule has 0 aromatic carbocycles. The number of fused-ring (bicyclic) bond motifs is 1. The van der Waals surface area contributed by atoms with E-state index in [0.29, 0.717) is 6.42 Å². The fraction of sp³-hybridized carbons (Fsp3) is 0.562. The van der Waals surface area contributed by atoms with Gasteiger partial charge in [-0.15, -0.1) is 10.2 Å². The molecule has 4 heterocycles. The highest BCUT2D eigenvalue weighted by molar-refractivity contribution is 5.77. The van der Waals surface area contributed by atoms with Crippen molar-refractivity contribution in [3.8, 4) is 0 Å². The topological polar surface area (TPSA) is 59.7 Å². The average Bonchev–Trinajstić information content (AvgIpc) is 3.26. The minimum Gasteiger partial charge on any atom is -0.378 e. The first-order chi connectivity index (χ1) is 10.8. The molecule has 0 aliphatic carbocycles. The molecule has 22 heavy (non-hydrogen) atoms. The number of hydrogen-bond acceptors (Lipinski definition) is 4. The highest BCUT2D eigenvalue weighted by Crippen LogP contribution is 2.32. The van der Waals surface area contributed by atoms with E-state index in [9.17, 15) is 4.79 Å². The monoisotopic (exact) mass is 300 g/mol. The molecule has 6 heteroatoms. The van der Waals surface area contributed by atoms with E-state index in [1.807, 2.05) is 33.7 Å². The quantitative estimate of drug-likeness (QED) is 0.869. The van der Waals surface area contributed by atoms with Gasteiger partial charge in [-0.25, -0.2) is 0 Å². The molecule has 2 aliphatic rings. The molecule has 2 aromatic rings. The van der Waals surface area contributed by atoms with Crippen LogP contribution >= 0.6 is 0 Å². The number of pyridine rings is 1. The van der Waals surface area contributed by atoms with Gasteiger partial charge in [-0.2, -0.15) is 0 Å². The molecule has 0 spiro atoms. The second-order valence-electron chi connectivity index (χ2n) is 6.07. The summed E-state index contributed by atoms with van der Waals surface area (Å²) in [7, 11) is 0. The van der Waals surface area contributed by atoms with Crippen LogP contribution in [0.25, 0.3) is 5.65 Å². The van der Waals surface area contributed by atoms with Crippen molar-refractivity contribution in [1.82, 2.24) is 19.5 Å². The van der Waals surface area contributed by atoms with Crippen LogP contribution in [0.5, 0.6) is 0 Å². The molecular weight excluding hydrogens is 280 g/mol. The van der Waals surface area contributed by atoms with E-state index in [0.717, 1.165) is 50.3 Å². The fourth-order valence-corrected chi connectivity index (χ4v) is 3.54. The third-order valence-electron chi connectivity index (χ3n) is 4.64. The van der Waals surface area contributed by atoms with Gasteiger partial charge in [-0.1, -0.05) is 6.07 Å². The first kappa shape index (κ1) is 13.7. The van der Waals surface area contributed by atoms with E-state index >= 15 is 0 Å². The van der Waals surface area contributed by atoms with Gasteiger partial charge in [0.2, 0.25) is 5.91 Å². The summed E-state index contributed by atoms with van der Waals surface area (Å²) in [5, 5.41) is 8.54. The van der Waals surface area contributed by atoms with Gasteiger partial charge in [0.1, 0.15) is 0 Å². The van der Waals surface area contributed by atoms with E-state index in [1.165, 1.54) is 0 Å². The van der Waals surface area contributed by atoms with Gasteiger partial charge in [0.05, 0.1) is 18.6 Å². The van der Waals surface area contributed by atoms with Gasteiger partial charge in [0.15, 0.2) is 11.5 Å². The molecule has 0 radical (unpaired) electrons. The SMILES string of the molecule is O=C(CC1CCCO1)N1CCCC1c1nnc2ccccn12. The summed E-state index contributed by atoms with van der Waals surface area (Å²) in [5.74, 6) is 1.05. The van der Waals surface area contributed by atoms with E-state index in [2.05, 4.69) is 10.2 Å². The molecule has 2 atom stereocenters. The zero-order chi connectivity index (χ0) is 14.9. The van der Waals surface area contributed by atoms with Gasteiger partial charge in [-0.05, 0) is 37.8 Å². The van der Waals surface area contributed by atoms with Crippen molar-refractivity contribution in [1.29, 1.82) is 0 Å². The number of hydrogen-bond donors (Lipinski definition) is 0. The summed E-state index contributed by atoms with van der Waals surface area (Å²) in [4.78, 5) is 14.6. The number of carbonyl (C=O) groups is 1. The summed E-state index contributed by atoms with van der Waals surface area (Å²) >= 11 is 0. The third-order valence-corrected chi connectivity index (χ3v) is 4.64. The maximum absolute atomic E-state index is 12.6. The largest absolute Gasteiger partial charge is 0.378 e. The smallest absolute Gasteiger partial charge is 0.225 e. The summed E-state index contributed by atoms with van der Waals surface area (Å²) in [5.41, 5.74) is 0.830. The Morgan fingerprint density at radius 2 is 2.23 bits per heavy atom. The summed E-state index contributed by atoms with van der Waals surface area (Å²) in [6.45, 7) is 1.59. The summed E-state index contributed by atoms with van der Waals surface area (Å²) < 4.78 is 7.59. The van der Waals surface area contributed by atoms with Crippen LogP contribution in [-0.2, 0) is 9.53 Å². The second kappa shape index (κ2) is 5.68. The van der Waals surface area contributed by atoms with Crippen molar-refractivity contribution in [2.45, 2.75) is 44.2 Å². The van der Waals surface area contributed by atoms with Crippen molar-refractivity contribution < 1.29 is 9.53 Å². The maximum Gasteiger partial charge on any atom is 0.225 e. The lowest BCUT2D eigenvalue weighted by molar-refractivity contribution is -0.134. The molecular formula is C16H20N4O2. The van der Waals surface area contributed by atoms with Crippen LogP contribution in [0.4, 0.5) is 0 Å². The van der Waals surface area contributed by atoms with Crippen molar-refractivity contribution in [2.24, 2.45) is 0 Å². The Labute approximate surface area is 129 Å². The van der Waals surface area contributed by atoms with Gasteiger partial charge in [0, 0.05) is 19.3 Å². The van der Waals surface area contributed by atoms with Crippen LogP contribution in [-0.4, -0.2) is 44.7 Å². The van der Waals surface area contributed by atoms with Crippen LogP contribution in [0.1, 0.15) is 44.0 Å². The Kier molecular flexibility index (Phi) is 3.54. The maximum atomic E-state index is 12.6. The minimum atomic E-state index is 0.0336. The Balaban J connectivity index is 1.56. The number of aromatic nitrogens is 3. The lowest BCUT2D eigenvalue weighted by Gasteiger charge is -2.24. The van der Waals surface area contributed by atoms with Gasteiger partial charge < -0.3 is 9.64 Å². The lowest BCUT2D eigenvalue weighted by Crippen LogP contribution is -2.33. The van der Waals surface area contributed by atoms with E-state index in [-0.39, 0.29) is 18.1 Å². The first-order valence-corrected chi connectivity index (χ1v) is 8.03. The van der Waals surface area contributed by atoms with Crippen molar-refractivity contribution >= 4 is 11.6 Å². The van der Waals surface area contributed by atoms with Crippen LogP contribution in [0, 0.1) is 0 Å². The second-order valence-corrected chi connectivity index (χ2v) is 6.07. The average molecular weight is 300 g/mol. The number of carbonyl (C=O) groups excluding carboxylic acids is 1. The van der Waals surface area contributed by atoms with Crippen LogP contribution in [0.2, 0.25) is 0 Å². The van der Waals surface area contributed by atoms with E-state index in [4.69, 9.17) is 4.74 Å². The summed E-state index contributed by atoms with van der Waals surface area (Å²) in [6, 6.07) is 5.88. The van der Waals surface area contributed by atoms with Crippen molar-refractivity contribution in [3.63, 3.8) is 0 Å². The molecule has 4 rings (SSSR count). The molecule has 6 nitrogen and oxygen atoms in total. The molecule has 2 aliphatic heterocycles. The molecule has 1 amide bonds. The first-order valence-electron chi connectivity index (χ1n) is 8.03. The number of likely N-dealkylation sites (tertiary alicyclic amines) is 1. The number of ether oxygens (including phenoxy) is 1. The predicted octanol–water partition coefficient (Wildman–Crippen LogP) is 1.96. The van der Waals surface area contributed by atoms with Gasteiger partial charge in [0.25, 0.3) is 0 Å². The van der Waals surface area contributed by atoms with Gasteiger partial charge in [-0.3, -0.25) is 9.20 Å². The molecule has 0 bridgehead atoms. The van der Waals surface area contributed by atoms with Crippen LogP contribution in [0.3, 0.4) is 0 Å². The molecule has 2 unspecified atom stereocenters. The van der Waals surface area contributed by atoms with Gasteiger partial charge >= 0.3 is 0 Å². The van der Waals surface area contributed by atoms with Crippen LogP contribution in [0.15, 0.2) is 24.4 Å². The molecule has 2 aromatic heterocycles. The van der Waals surface area contributed by atoms with Crippen molar-refractivity contribution in [3.05, 3.63) is 30.2 Å². The fourth-order valence-electron chi connectivity index (χ4n) is 3.54. The zero-order valence-corrected chi connectivity index (χ0v) is 12.5. The Morgan fingerprint density at radius 3 is 3.09 bits per heavy atom. The Bertz CT molecular complexity index is 678. The number of amides is 1.